The van der Waals surface area contributed by atoms with Gasteiger partial charge in [-0.2, -0.15) is 0 Å². The summed E-state index contributed by atoms with van der Waals surface area (Å²) in [6, 6.07) is 1.65. The van der Waals surface area contributed by atoms with Gasteiger partial charge in [0.25, 0.3) is 0 Å². The van der Waals surface area contributed by atoms with Gasteiger partial charge in [-0.05, 0) is 31.2 Å². The third kappa shape index (κ3) is 2.65. The Bertz CT molecular complexity index is 707. The minimum Gasteiger partial charge on any atom is -0.481 e. The molecule has 0 saturated heterocycles. The molecule has 1 saturated carbocycles. The first-order valence-electron chi connectivity index (χ1n) is 7.33. The summed E-state index contributed by atoms with van der Waals surface area (Å²) in [5, 5.41) is 12.6. The van der Waals surface area contributed by atoms with Crippen molar-refractivity contribution >= 4 is 34.2 Å². The maximum Gasteiger partial charge on any atom is 0.340 e. The molecule has 1 aromatic heterocycles. The van der Waals surface area contributed by atoms with Crippen molar-refractivity contribution in [2.75, 3.05) is 12.4 Å². The number of fused-ring (bicyclic) bond motifs is 2. The molecule has 2 aliphatic rings. The number of rotatable bonds is 4. The van der Waals surface area contributed by atoms with Gasteiger partial charge < -0.3 is 15.2 Å². The monoisotopic (exact) mass is 335 g/mol. The Morgan fingerprint density at radius 3 is 2.52 bits per heavy atom. The number of methoxy groups -OCH3 is 1. The Morgan fingerprint density at radius 2 is 1.91 bits per heavy atom. The number of carbonyl (C=O) groups excluding carboxylic acids is 2. The number of allylic oxidation sites excluding steroid dienone is 2. The van der Waals surface area contributed by atoms with Crippen LogP contribution in [0, 0.1) is 30.6 Å². The molecule has 7 heteroatoms. The molecule has 3 rings (SSSR count). The van der Waals surface area contributed by atoms with Gasteiger partial charge in [0.05, 0.1) is 24.5 Å². The molecule has 0 aromatic carbocycles. The van der Waals surface area contributed by atoms with Gasteiger partial charge in [-0.15, -0.1) is 11.3 Å². The summed E-state index contributed by atoms with van der Waals surface area (Å²) in [5.41, 5.74) is 0.300. The number of esters is 1. The minimum absolute atomic E-state index is 0.0521. The van der Waals surface area contributed by atoms with Crippen molar-refractivity contribution in [2.24, 2.45) is 23.7 Å². The number of ether oxygens (including phenoxy) is 1. The molecule has 0 spiro atoms. The van der Waals surface area contributed by atoms with Gasteiger partial charge in [-0.3, -0.25) is 9.59 Å². The maximum atomic E-state index is 12.6. The second-order valence-corrected chi connectivity index (χ2v) is 7.18. The topological polar surface area (TPSA) is 92.7 Å². The molecule has 2 N–H and O–H groups in total. The van der Waals surface area contributed by atoms with Crippen molar-refractivity contribution in [2.45, 2.75) is 13.3 Å². The van der Waals surface area contributed by atoms with E-state index >= 15 is 0 Å². The van der Waals surface area contributed by atoms with Crippen LogP contribution < -0.4 is 5.32 Å². The van der Waals surface area contributed by atoms with Crippen molar-refractivity contribution in [1.82, 2.24) is 0 Å². The van der Waals surface area contributed by atoms with E-state index in [1.165, 1.54) is 18.4 Å². The van der Waals surface area contributed by atoms with E-state index in [4.69, 9.17) is 4.74 Å². The van der Waals surface area contributed by atoms with Gasteiger partial charge in [0.15, 0.2) is 0 Å². The third-order valence-electron chi connectivity index (χ3n) is 4.54. The van der Waals surface area contributed by atoms with E-state index in [0.29, 0.717) is 17.0 Å². The molecule has 1 fully saturated rings. The molecule has 0 aliphatic heterocycles. The highest BCUT2D eigenvalue weighted by atomic mass is 32.1. The lowest BCUT2D eigenvalue weighted by Crippen LogP contribution is -2.36. The fourth-order valence-electron chi connectivity index (χ4n) is 3.58. The van der Waals surface area contributed by atoms with Crippen LogP contribution in [0.3, 0.4) is 0 Å². The van der Waals surface area contributed by atoms with Crippen molar-refractivity contribution in [3.05, 3.63) is 28.7 Å². The summed E-state index contributed by atoms with van der Waals surface area (Å²) in [6.45, 7) is 1.83. The van der Waals surface area contributed by atoms with E-state index in [9.17, 15) is 19.5 Å². The standard InChI is InChI=1S/C16H17NO5S/c1-7-5-10(16(21)22-2)14(23-7)17-13(18)11-8-3-4-9(6-8)12(11)15(19)20/h3-5,8-9,11-12H,6H2,1-2H3,(H,17,18)(H,19,20)/t8-,9-,11-,12-/m0/s1. The summed E-state index contributed by atoms with van der Waals surface area (Å²) in [6.07, 6.45) is 4.51. The quantitative estimate of drug-likeness (QED) is 0.650. The highest BCUT2D eigenvalue weighted by Crippen LogP contribution is 2.48. The van der Waals surface area contributed by atoms with Crippen LogP contribution in [0.15, 0.2) is 18.2 Å². The smallest absolute Gasteiger partial charge is 0.340 e. The lowest BCUT2D eigenvalue weighted by Gasteiger charge is -2.23. The normalized spacial score (nSPS) is 27.9. The van der Waals surface area contributed by atoms with E-state index in [2.05, 4.69) is 5.32 Å². The fourth-order valence-corrected chi connectivity index (χ4v) is 4.48. The third-order valence-corrected chi connectivity index (χ3v) is 5.51. The lowest BCUT2D eigenvalue weighted by molar-refractivity contribution is -0.146. The van der Waals surface area contributed by atoms with Gasteiger partial charge in [0.2, 0.25) is 5.91 Å². The summed E-state index contributed by atoms with van der Waals surface area (Å²) in [5.74, 6) is -3.25. The molecule has 0 unspecified atom stereocenters. The number of thiophene rings is 1. The molecule has 4 atom stereocenters. The van der Waals surface area contributed by atoms with Crippen LogP contribution in [0.2, 0.25) is 0 Å². The predicted molar refractivity (Wildman–Crippen MR) is 84.4 cm³/mol. The first-order valence-corrected chi connectivity index (χ1v) is 8.14. The number of hydrogen-bond donors (Lipinski definition) is 2. The number of aliphatic carboxylic acids is 1. The Labute approximate surface area is 137 Å². The second kappa shape index (κ2) is 5.81. The first kappa shape index (κ1) is 15.7. The summed E-state index contributed by atoms with van der Waals surface area (Å²) >= 11 is 1.28. The number of hydrogen-bond acceptors (Lipinski definition) is 5. The van der Waals surface area contributed by atoms with E-state index in [1.807, 2.05) is 19.1 Å². The van der Waals surface area contributed by atoms with Gasteiger partial charge in [0, 0.05) is 4.88 Å². The number of aryl methyl sites for hydroxylation is 1. The molecular formula is C16H17NO5S. The second-order valence-electron chi connectivity index (χ2n) is 5.92. The number of anilines is 1. The van der Waals surface area contributed by atoms with Crippen LogP contribution in [0.4, 0.5) is 5.00 Å². The molecule has 1 aromatic rings. The predicted octanol–water partition coefficient (Wildman–Crippen LogP) is 2.30. The highest BCUT2D eigenvalue weighted by Gasteiger charge is 2.51. The van der Waals surface area contributed by atoms with E-state index < -0.39 is 23.8 Å². The van der Waals surface area contributed by atoms with Crippen LogP contribution in [-0.4, -0.2) is 30.1 Å². The van der Waals surface area contributed by atoms with Crippen molar-refractivity contribution < 1.29 is 24.2 Å². The Hall–Kier alpha value is -2.15. The van der Waals surface area contributed by atoms with Crippen LogP contribution in [0.1, 0.15) is 21.7 Å². The van der Waals surface area contributed by atoms with Gasteiger partial charge in [0.1, 0.15) is 5.00 Å². The zero-order chi connectivity index (χ0) is 16.7. The molecular weight excluding hydrogens is 318 g/mol. The molecule has 1 heterocycles. The number of carboxylic acid groups (broad SMARTS) is 1. The number of nitrogens with one attached hydrogen (secondary N) is 1. The van der Waals surface area contributed by atoms with Crippen LogP contribution in [-0.2, 0) is 14.3 Å². The van der Waals surface area contributed by atoms with Crippen LogP contribution in [0.25, 0.3) is 0 Å². The van der Waals surface area contributed by atoms with Gasteiger partial charge in [-0.1, -0.05) is 12.2 Å². The van der Waals surface area contributed by atoms with Crippen molar-refractivity contribution in [1.29, 1.82) is 0 Å². The van der Waals surface area contributed by atoms with E-state index in [0.717, 1.165) is 4.88 Å². The highest BCUT2D eigenvalue weighted by molar-refractivity contribution is 7.16. The van der Waals surface area contributed by atoms with Crippen LogP contribution in [0.5, 0.6) is 0 Å². The molecule has 122 valence electrons. The zero-order valence-corrected chi connectivity index (χ0v) is 13.6. The maximum absolute atomic E-state index is 12.6. The largest absolute Gasteiger partial charge is 0.481 e. The Morgan fingerprint density at radius 1 is 1.26 bits per heavy atom. The number of carbonyl (C=O) groups is 3. The summed E-state index contributed by atoms with van der Waals surface area (Å²) in [4.78, 5) is 36.8. The molecule has 6 nitrogen and oxygen atoms in total. The Balaban J connectivity index is 1.84. The van der Waals surface area contributed by atoms with Crippen molar-refractivity contribution in [3.8, 4) is 0 Å². The summed E-state index contributed by atoms with van der Waals surface area (Å²) < 4.78 is 4.72. The van der Waals surface area contributed by atoms with E-state index in [-0.39, 0.29) is 17.7 Å². The average Bonchev–Trinajstić information content (AvgIpc) is 3.19. The fraction of sp³-hybridized carbons (Fsp3) is 0.438. The van der Waals surface area contributed by atoms with Gasteiger partial charge in [-0.25, -0.2) is 4.79 Å². The van der Waals surface area contributed by atoms with Crippen molar-refractivity contribution in [3.63, 3.8) is 0 Å². The van der Waals surface area contributed by atoms with Crippen LogP contribution >= 0.6 is 11.3 Å². The zero-order valence-electron chi connectivity index (χ0n) is 12.7. The number of amides is 1. The first-order chi connectivity index (χ1) is 10.9. The minimum atomic E-state index is -0.947. The summed E-state index contributed by atoms with van der Waals surface area (Å²) in [7, 11) is 1.28. The molecule has 2 bridgehead atoms. The Kier molecular flexibility index (Phi) is 3.97. The molecule has 0 radical (unpaired) electrons. The number of carboxylic acids is 1. The van der Waals surface area contributed by atoms with E-state index in [1.54, 1.807) is 6.07 Å². The average molecular weight is 335 g/mol. The lowest BCUT2D eigenvalue weighted by atomic mass is 9.82. The molecule has 2 aliphatic carbocycles. The molecule has 23 heavy (non-hydrogen) atoms. The van der Waals surface area contributed by atoms with Gasteiger partial charge >= 0.3 is 11.9 Å². The SMILES string of the molecule is COC(=O)c1cc(C)sc1NC(=O)[C@@H]1[C@@H](C(=O)O)[C@H]2C=C[C@H]1C2. The molecule has 1 amide bonds.